The number of nitrogens with one attached hydrogen (secondary N) is 1. The van der Waals surface area contributed by atoms with Gasteiger partial charge >= 0.3 is 0 Å². The molecule has 0 aromatic heterocycles. The van der Waals surface area contributed by atoms with Crippen LogP contribution in [0.3, 0.4) is 0 Å². The zero-order chi connectivity index (χ0) is 14.7. The summed E-state index contributed by atoms with van der Waals surface area (Å²) >= 11 is 0. The van der Waals surface area contributed by atoms with E-state index >= 15 is 0 Å². The van der Waals surface area contributed by atoms with Crippen LogP contribution in [0.2, 0.25) is 0 Å². The molecule has 21 heavy (non-hydrogen) atoms. The third kappa shape index (κ3) is 2.79. The monoisotopic (exact) mass is 280 g/mol. The number of benzene rings is 2. The fraction of sp³-hybridized carbons (Fsp3) is 0.176. The second kappa shape index (κ2) is 5.79. The van der Waals surface area contributed by atoms with Crippen molar-refractivity contribution in [2.75, 3.05) is 12.0 Å². The van der Waals surface area contributed by atoms with E-state index in [9.17, 15) is 9.59 Å². The molecule has 0 bridgehead atoms. The molecule has 1 N–H and O–H groups in total. The van der Waals surface area contributed by atoms with Crippen molar-refractivity contribution in [1.29, 1.82) is 0 Å². The number of para-hydroxylation sites is 1. The molecular formula is C17H16N2O2. The van der Waals surface area contributed by atoms with Crippen molar-refractivity contribution in [3.8, 4) is 11.1 Å². The summed E-state index contributed by atoms with van der Waals surface area (Å²) in [6.07, 6.45) is 0.641. The van der Waals surface area contributed by atoms with Crippen LogP contribution in [0.1, 0.15) is 12.8 Å². The summed E-state index contributed by atoms with van der Waals surface area (Å²) in [5, 5.41) is 3.20. The fourth-order valence-electron chi connectivity index (χ4n) is 2.47. The first-order chi connectivity index (χ1) is 10.3. The Labute approximate surface area is 123 Å². The van der Waals surface area contributed by atoms with E-state index in [2.05, 4.69) is 5.32 Å². The molecule has 106 valence electrons. The lowest BCUT2D eigenvalue weighted by molar-refractivity contribution is -0.137. The number of hydrogen-bond acceptors (Lipinski definition) is 3. The van der Waals surface area contributed by atoms with Crippen LogP contribution in [-0.2, 0) is 9.59 Å². The number of likely N-dealkylation sites (tertiary alicyclic amines) is 1. The number of imide groups is 1. The summed E-state index contributed by atoms with van der Waals surface area (Å²) in [4.78, 5) is 24.5. The summed E-state index contributed by atoms with van der Waals surface area (Å²) < 4.78 is 0. The molecule has 4 nitrogen and oxygen atoms in total. The van der Waals surface area contributed by atoms with Crippen molar-refractivity contribution < 1.29 is 9.59 Å². The molecule has 0 aliphatic carbocycles. The zero-order valence-electron chi connectivity index (χ0n) is 11.6. The first-order valence-corrected chi connectivity index (χ1v) is 6.97. The van der Waals surface area contributed by atoms with Crippen LogP contribution in [-0.4, -0.2) is 23.4 Å². The largest absolute Gasteiger partial charge is 0.367 e. The molecule has 2 aromatic rings. The van der Waals surface area contributed by atoms with E-state index < -0.39 is 0 Å². The number of rotatable bonds is 4. The molecular weight excluding hydrogens is 264 g/mol. The van der Waals surface area contributed by atoms with Crippen molar-refractivity contribution in [2.45, 2.75) is 12.8 Å². The van der Waals surface area contributed by atoms with Crippen LogP contribution in [0.25, 0.3) is 11.1 Å². The van der Waals surface area contributed by atoms with E-state index in [-0.39, 0.29) is 18.5 Å². The van der Waals surface area contributed by atoms with Gasteiger partial charge in [0.2, 0.25) is 11.8 Å². The molecule has 1 saturated heterocycles. The Kier molecular flexibility index (Phi) is 3.69. The quantitative estimate of drug-likeness (QED) is 0.876. The number of hydrogen-bond donors (Lipinski definition) is 1. The predicted molar refractivity (Wildman–Crippen MR) is 81.5 cm³/mol. The Morgan fingerprint density at radius 2 is 1.48 bits per heavy atom. The van der Waals surface area contributed by atoms with Gasteiger partial charge < -0.3 is 5.32 Å². The maximum atomic E-state index is 11.6. The highest BCUT2D eigenvalue weighted by Gasteiger charge is 2.28. The molecule has 0 saturated carbocycles. The topological polar surface area (TPSA) is 49.4 Å². The van der Waals surface area contributed by atoms with Gasteiger partial charge in [0.1, 0.15) is 0 Å². The van der Waals surface area contributed by atoms with E-state index in [0.717, 1.165) is 16.8 Å². The van der Waals surface area contributed by atoms with Crippen LogP contribution in [0.5, 0.6) is 0 Å². The van der Waals surface area contributed by atoms with Crippen molar-refractivity contribution in [2.24, 2.45) is 0 Å². The Hall–Kier alpha value is -2.62. The number of carbonyl (C=O) groups excluding carboxylic acids is 2. The molecule has 2 aromatic carbocycles. The van der Waals surface area contributed by atoms with E-state index in [1.165, 1.54) is 4.90 Å². The third-order valence-electron chi connectivity index (χ3n) is 3.59. The minimum atomic E-state index is -0.107. The average molecular weight is 280 g/mol. The highest BCUT2D eigenvalue weighted by Crippen LogP contribution is 2.27. The van der Waals surface area contributed by atoms with Crippen molar-refractivity contribution in [3.05, 3.63) is 54.6 Å². The molecule has 4 heteroatoms. The molecule has 1 heterocycles. The summed E-state index contributed by atoms with van der Waals surface area (Å²) in [7, 11) is 0. The summed E-state index contributed by atoms with van der Waals surface area (Å²) in [5.74, 6) is -0.214. The van der Waals surface area contributed by atoms with Crippen LogP contribution in [0.4, 0.5) is 5.69 Å². The number of anilines is 1. The van der Waals surface area contributed by atoms with Crippen LogP contribution < -0.4 is 5.32 Å². The Balaban J connectivity index is 1.80. The smallest absolute Gasteiger partial charge is 0.231 e. The summed E-state index contributed by atoms with van der Waals surface area (Å²) in [5.41, 5.74) is 3.06. The van der Waals surface area contributed by atoms with E-state index in [1.54, 1.807) is 0 Å². The second-order valence-electron chi connectivity index (χ2n) is 4.96. The predicted octanol–water partition coefficient (Wildman–Crippen LogP) is 2.87. The first-order valence-electron chi connectivity index (χ1n) is 6.97. The molecule has 0 atom stereocenters. The normalized spacial score (nSPS) is 14.6. The molecule has 2 amide bonds. The highest BCUT2D eigenvalue weighted by molar-refractivity contribution is 6.02. The van der Waals surface area contributed by atoms with Gasteiger partial charge in [0.05, 0.1) is 6.67 Å². The Bertz CT molecular complexity index is 652. The maximum Gasteiger partial charge on any atom is 0.231 e. The lowest BCUT2D eigenvalue weighted by Crippen LogP contribution is -2.34. The van der Waals surface area contributed by atoms with E-state index in [4.69, 9.17) is 0 Å². The van der Waals surface area contributed by atoms with Gasteiger partial charge in [0, 0.05) is 24.1 Å². The molecule has 0 radical (unpaired) electrons. The van der Waals surface area contributed by atoms with Crippen molar-refractivity contribution >= 4 is 17.5 Å². The number of carbonyl (C=O) groups is 2. The summed E-state index contributed by atoms with van der Waals surface area (Å²) in [6.45, 7) is 0.224. The molecule has 1 fully saturated rings. The standard InChI is InChI=1S/C17H16N2O2/c20-16-10-11-17(21)19(16)12-18-15-9-5-4-8-14(15)13-6-2-1-3-7-13/h1-9,18H,10-12H2. The Morgan fingerprint density at radius 3 is 2.19 bits per heavy atom. The first kappa shape index (κ1) is 13.4. The van der Waals surface area contributed by atoms with Gasteiger partial charge in [-0.3, -0.25) is 14.5 Å². The van der Waals surface area contributed by atoms with Gasteiger partial charge in [-0.05, 0) is 11.6 Å². The van der Waals surface area contributed by atoms with Crippen molar-refractivity contribution in [1.82, 2.24) is 4.90 Å². The van der Waals surface area contributed by atoms with E-state index in [1.807, 2.05) is 54.6 Å². The van der Waals surface area contributed by atoms with Gasteiger partial charge in [-0.2, -0.15) is 0 Å². The third-order valence-corrected chi connectivity index (χ3v) is 3.59. The average Bonchev–Trinajstić information content (AvgIpc) is 2.85. The van der Waals surface area contributed by atoms with Gasteiger partial charge in [-0.15, -0.1) is 0 Å². The minimum Gasteiger partial charge on any atom is -0.367 e. The second-order valence-corrected chi connectivity index (χ2v) is 4.96. The van der Waals surface area contributed by atoms with E-state index in [0.29, 0.717) is 12.8 Å². The van der Waals surface area contributed by atoms with Gasteiger partial charge in [0.25, 0.3) is 0 Å². The Morgan fingerprint density at radius 1 is 0.857 bits per heavy atom. The minimum absolute atomic E-state index is 0.107. The molecule has 3 rings (SSSR count). The maximum absolute atomic E-state index is 11.6. The lowest BCUT2D eigenvalue weighted by Gasteiger charge is -2.17. The number of nitrogens with zero attached hydrogens (tertiary/aromatic N) is 1. The molecule has 1 aliphatic heterocycles. The van der Waals surface area contributed by atoms with Crippen LogP contribution >= 0.6 is 0 Å². The zero-order valence-corrected chi connectivity index (χ0v) is 11.6. The fourth-order valence-corrected chi connectivity index (χ4v) is 2.47. The van der Waals surface area contributed by atoms with Crippen LogP contribution in [0, 0.1) is 0 Å². The van der Waals surface area contributed by atoms with Gasteiger partial charge in [-0.25, -0.2) is 0 Å². The summed E-state index contributed by atoms with van der Waals surface area (Å²) in [6, 6.07) is 17.9. The van der Waals surface area contributed by atoms with Crippen LogP contribution in [0.15, 0.2) is 54.6 Å². The van der Waals surface area contributed by atoms with Gasteiger partial charge in [-0.1, -0.05) is 48.5 Å². The molecule has 0 unspecified atom stereocenters. The highest BCUT2D eigenvalue weighted by atomic mass is 16.2. The lowest BCUT2D eigenvalue weighted by atomic mass is 10.0. The van der Waals surface area contributed by atoms with Crippen molar-refractivity contribution in [3.63, 3.8) is 0 Å². The number of amides is 2. The molecule has 1 aliphatic rings. The van der Waals surface area contributed by atoms with Gasteiger partial charge in [0.15, 0.2) is 0 Å². The molecule has 0 spiro atoms. The SMILES string of the molecule is O=C1CCC(=O)N1CNc1ccccc1-c1ccccc1.